The molecular weight excluding hydrogens is 514 g/mol. The number of aliphatic carboxylic acids is 1. The van der Waals surface area contributed by atoms with E-state index in [0.717, 1.165) is 0 Å². The van der Waals surface area contributed by atoms with Gasteiger partial charge in [0.2, 0.25) is 29.5 Å². The van der Waals surface area contributed by atoms with Gasteiger partial charge in [-0.25, -0.2) is 4.79 Å². The van der Waals surface area contributed by atoms with Crippen molar-refractivity contribution in [2.24, 2.45) is 22.9 Å². The van der Waals surface area contributed by atoms with Crippen LogP contribution in [-0.2, 0) is 35.2 Å². The Balaban J connectivity index is 3.14. The smallest absolute Gasteiger partial charge is 0.326 e. The van der Waals surface area contributed by atoms with E-state index in [2.05, 4.69) is 16.0 Å². The summed E-state index contributed by atoms with van der Waals surface area (Å²) in [7, 11) is 0. The topological polar surface area (TPSA) is 283 Å². The van der Waals surface area contributed by atoms with E-state index in [0.29, 0.717) is 24.9 Å². The van der Waals surface area contributed by atoms with E-state index >= 15 is 0 Å². The van der Waals surface area contributed by atoms with Crippen LogP contribution in [0.3, 0.4) is 0 Å². The number of unbranched alkanes of at least 4 members (excludes halogenated alkanes) is 1. The Morgan fingerprint density at radius 2 is 1.33 bits per heavy atom. The number of aromatic hydroxyl groups is 1. The number of primary amides is 2. The zero-order valence-corrected chi connectivity index (χ0v) is 21.4. The Kier molecular flexibility index (Phi) is 13.9. The molecule has 0 aliphatic heterocycles. The summed E-state index contributed by atoms with van der Waals surface area (Å²) < 4.78 is 0. The van der Waals surface area contributed by atoms with Crippen LogP contribution >= 0.6 is 0 Å². The minimum Gasteiger partial charge on any atom is -0.508 e. The molecule has 15 nitrogen and oxygen atoms in total. The number of carboxylic acids is 1. The summed E-state index contributed by atoms with van der Waals surface area (Å²) in [5.41, 5.74) is 21.9. The molecule has 0 saturated heterocycles. The van der Waals surface area contributed by atoms with Crippen molar-refractivity contribution in [3.63, 3.8) is 0 Å². The van der Waals surface area contributed by atoms with Crippen LogP contribution < -0.4 is 38.9 Å². The first-order valence-corrected chi connectivity index (χ1v) is 12.3. The maximum atomic E-state index is 13.3. The molecule has 5 amide bonds. The van der Waals surface area contributed by atoms with Crippen molar-refractivity contribution in [3.8, 4) is 5.75 Å². The van der Waals surface area contributed by atoms with Crippen molar-refractivity contribution < 1.29 is 39.0 Å². The highest BCUT2D eigenvalue weighted by molar-refractivity contribution is 5.95. The van der Waals surface area contributed by atoms with Gasteiger partial charge >= 0.3 is 5.97 Å². The van der Waals surface area contributed by atoms with Gasteiger partial charge in [-0.1, -0.05) is 12.1 Å². The molecule has 0 bridgehead atoms. The number of amides is 5. The molecule has 4 unspecified atom stereocenters. The van der Waals surface area contributed by atoms with Crippen LogP contribution in [0.2, 0.25) is 0 Å². The zero-order valence-electron chi connectivity index (χ0n) is 21.4. The second-order valence-electron chi connectivity index (χ2n) is 8.96. The molecular formula is C24H37N7O8. The lowest BCUT2D eigenvalue weighted by atomic mass is 10.0. The van der Waals surface area contributed by atoms with Crippen LogP contribution in [0.25, 0.3) is 0 Å². The number of carboxylic acid groups (broad SMARTS) is 1. The van der Waals surface area contributed by atoms with Gasteiger partial charge in [0.15, 0.2) is 0 Å². The molecule has 0 fully saturated rings. The highest BCUT2D eigenvalue weighted by Crippen LogP contribution is 2.12. The monoisotopic (exact) mass is 551 g/mol. The molecule has 0 spiro atoms. The molecule has 1 aromatic rings. The maximum absolute atomic E-state index is 13.3. The van der Waals surface area contributed by atoms with Crippen LogP contribution in [0.1, 0.15) is 44.1 Å². The molecule has 0 saturated carbocycles. The Morgan fingerprint density at radius 1 is 0.769 bits per heavy atom. The van der Waals surface area contributed by atoms with Gasteiger partial charge in [0.05, 0.1) is 12.5 Å². The highest BCUT2D eigenvalue weighted by Gasteiger charge is 2.30. The minimum absolute atomic E-state index is 0.0202. The van der Waals surface area contributed by atoms with E-state index < -0.39 is 66.1 Å². The van der Waals surface area contributed by atoms with Gasteiger partial charge < -0.3 is 49.1 Å². The molecule has 1 rings (SSSR count). The van der Waals surface area contributed by atoms with Crippen molar-refractivity contribution in [2.45, 2.75) is 69.1 Å². The second-order valence-corrected chi connectivity index (χ2v) is 8.96. The second kappa shape index (κ2) is 16.6. The van der Waals surface area contributed by atoms with E-state index in [4.69, 9.17) is 22.9 Å². The third kappa shape index (κ3) is 12.7. The zero-order chi connectivity index (χ0) is 29.5. The van der Waals surface area contributed by atoms with E-state index in [1.165, 1.54) is 24.3 Å². The number of hydrogen-bond acceptors (Lipinski definition) is 9. The number of carbonyl (C=O) groups excluding carboxylic acids is 5. The largest absolute Gasteiger partial charge is 0.508 e. The number of phenols is 1. The van der Waals surface area contributed by atoms with Crippen LogP contribution in [-0.4, -0.2) is 76.4 Å². The molecule has 0 heterocycles. The molecule has 4 atom stereocenters. The molecule has 1 aromatic carbocycles. The quantitative estimate of drug-likeness (QED) is 0.0837. The van der Waals surface area contributed by atoms with Crippen molar-refractivity contribution in [1.82, 2.24) is 16.0 Å². The van der Waals surface area contributed by atoms with Crippen molar-refractivity contribution in [1.29, 1.82) is 0 Å². The van der Waals surface area contributed by atoms with Gasteiger partial charge in [-0.05, 0) is 49.9 Å². The summed E-state index contributed by atoms with van der Waals surface area (Å²) in [6, 6.07) is 0.563. The highest BCUT2D eigenvalue weighted by atomic mass is 16.4. The molecule has 15 heteroatoms. The van der Waals surface area contributed by atoms with Crippen LogP contribution in [0, 0.1) is 0 Å². The molecule has 216 valence electrons. The van der Waals surface area contributed by atoms with Gasteiger partial charge in [0.1, 0.15) is 23.9 Å². The van der Waals surface area contributed by atoms with E-state index in [-0.39, 0.29) is 31.4 Å². The number of carbonyl (C=O) groups is 6. The SMILES string of the molecule is NCCCCC(NC(=O)C(Cc1ccc(O)cc1)NC(=O)C(N)CC(N)=O)C(=O)NC(CCC(N)=O)C(=O)O. The summed E-state index contributed by atoms with van der Waals surface area (Å²) in [4.78, 5) is 72.6. The number of rotatable bonds is 18. The minimum atomic E-state index is -1.43. The molecule has 0 aromatic heterocycles. The third-order valence-corrected chi connectivity index (χ3v) is 5.64. The molecule has 0 aliphatic carbocycles. The first-order valence-electron chi connectivity index (χ1n) is 12.3. The van der Waals surface area contributed by atoms with Crippen molar-refractivity contribution in [2.75, 3.05) is 6.54 Å². The number of nitrogens with two attached hydrogens (primary N) is 4. The molecule has 0 radical (unpaired) electrons. The normalized spacial score (nSPS) is 13.8. The number of nitrogens with one attached hydrogen (secondary N) is 3. The Labute approximate surface area is 225 Å². The van der Waals surface area contributed by atoms with Gasteiger partial charge in [-0.2, -0.15) is 0 Å². The fraction of sp³-hybridized carbons (Fsp3) is 0.500. The maximum Gasteiger partial charge on any atom is 0.326 e. The lowest BCUT2D eigenvalue weighted by Crippen LogP contribution is -2.57. The van der Waals surface area contributed by atoms with Gasteiger partial charge in [-0.3, -0.25) is 24.0 Å². The van der Waals surface area contributed by atoms with E-state index in [9.17, 15) is 39.0 Å². The average Bonchev–Trinajstić information content (AvgIpc) is 2.85. The van der Waals surface area contributed by atoms with E-state index in [1.54, 1.807) is 0 Å². The fourth-order valence-corrected chi connectivity index (χ4v) is 3.52. The summed E-state index contributed by atoms with van der Waals surface area (Å²) in [5, 5.41) is 26.2. The number of phenolic OH excluding ortho intramolecular Hbond substituents is 1. The summed E-state index contributed by atoms with van der Waals surface area (Å²) in [6.07, 6.45) is -0.0609. The average molecular weight is 552 g/mol. The van der Waals surface area contributed by atoms with Crippen LogP contribution in [0.15, 0.2) is 24.3 Å². The van der Waals surface area contributed by atoms with Crippen molar-refractivity contribution in [3.05, 3.63) is 29.8 Å². The lowest BCUT2D eigenvalue weighted by Gasteiger charge is -2.25. The number of hydrogen-bond donors (Lipinski definition) is 9. The van der Waals surface area contributed by atoms with Gasteiger partial charge in [-0.15, -0.1) is 0 Å². The summed E-state index contributed by atoms with van der Waals surface area (Å²) >= 11 is 0. The third-order valence-electron chi connectivity index (χ3n) is 5.64. The lowest BCUT2D eigenvalue weighted by molar-refractivity contribution is -0.142. The Hall–Kier alpha value is -4.24. The first kappa shape index (κ1) is 32.8. The van der Waals surface area contributed by atoms with Gasteiger partial charge in [0.25, 0.3) is 0 Å². The van der Waals surface area contributed by atoms with Crippen LogP contribution in [0.4, 0.5) is 0 Å². The number of benzene rings is 1. The van der Waals surface area contributed by atoms with Crippen molar-refractivity contribution >= 4 is 35.5 Å². The predicted molar refractivity (Wildman–Crippen MR) is 138 cm³/mol. The Morgan fingerprint density at radius 3 is 1.87 bits per heavy atom. The predicted octanol–water partition coefficient (Wildman–Crippen LogP) is -2.93. The van der Waals surface area contributed by atoms with E-state index in [1.807, 2.05) is 0 Å². The molecule has 0 aliphatic rings. The molecule has 39 heavy (non-hydrogen) atoms. The summed E-state index contributed by atoms with van der Waals surface area (Å²) in [6.45, 7) is 0.315. The fourth-order valence-electron chi connectivity index (χ4n) is 3.52. The van der Waals surface area contributed by atoms with Gasteiger partial charge in [0, 0.05) is 12.8 Å². The standard InChI is InChI=1S/C24H37N7O8/c25-10-2-1-3-16(22(36)30-17(24(38)39)8-9-19(27)33)29-23(37)18(11-13-4-6-14(32)7-5-13)31-21(35)15(26)12-20(28)34/h4-7,15-18,32H,1-3,8-12,25-26H2,(H2,27,33)(H2,28,34)(H,29,37)(H,30,36)(H,31,35)(H,38,39). The first-order chi connectivity index (χ1) is 18.3. The summed E-state index contributed by atoms with van der Waals surface area (Å²) in [5.74, 6) is -5.43. The Bertz CT molecular complexity index is 1020. The van der Waals surface area contributed by atoms with Crippen LogP contribution in [0.5, 0.6) is 5.75 Å². The molecule has 13 N–H and O–H groups in total.